The summed E-state index contributed by atoms with van der Waals surface area (Å²) in [7, 11) is 1.54. The van der Waals surface area contributed by atoms with E-state index in [2.05, 4.69) is 19.9 Å². The predicted molar refractivity (Wildman–Crippen MR) is 147 cm³/mol. The van der Waals surface area contributed by atoms with Gasteiger partial charge in [0.15, 0.2) is 11.5 Å². The summed E-state index contributed by atoms with van der Waals surface area (Å²) in [5.74, 6) is 0.353. The Morgan fingerprint density at radius 1 is 1.18 bits per heavy atom. The molecule has 0 aliphatic carbocycles. The Morgan fingerprint density at radius 2 is 1.95 bits per heavy atom. The van der Waals surface area contributed by atoms with Crippen LogP contribution in [-0.2, 0) is 0 Å². The molecule has 0 amide bonds. The standard InChI is InChI=1S/C29H26ClN3O7/c1-16(2)10-11-38-24-9-4-17(12-26(24)37-3)27-20-7-6-19(14-25(20)40-28(32)22(27)15-31)39-29(34)21-13-18(33(35)36)5-8-23(21)30/h4-9,12-14,16,27H,10-11,32H2,1-3H3. The van der Waals surface area contributed by atoms with Crippen LogP contribution in [0.1, 0.15) is 47.7 Å². The number of fused-ring (bicyclic) bond motifs is 1. The van der Waals surface area contributed by atoms with Gasteiger partial charge in [0.25, 0.3) is 5.69 Å². The van der Waals surface area contributed by atoms with Crippen LogP contribution < -0.4 is 24.7 Å². The molecule has 0 saturated heterocycles. The smallest absolute Gasteiger partial charge is 0.345 e. The minimum atomic E-state index is -0.889. The number of nitrogens with zero attached hydrogens (tertiary/aromatic N) is 2. The quantitative estimate of drug-likeness (QED) is 0.141. The van der Waals surface area contributed by atoms with E-state index < -0.39 is 16.8 Å². The van der Waals surface area contributed by atoms with E-state index in [1.165, 1.54) is 31.4 Å². The number of nitrogens with two attached hydrogens (primary N) is 1. The van der Waals surface area contributed by atoms with Crippen molar-refractivity contribution in [3.63, 3.8) is 0 Å². The lowest BCUT2D eigenvalue weighted by atomic mass is 9.83. The Bertz CT molecular complexity index is 1550. The van der Waals surface area contributed by atoms with Crippen LogP contribution in [0.15, 0.2) is 66.1 Å². The molecule has 0 spiro atoms. The van der Waals surface area contributed by atoms with Crippen LogP contribution in [0, 0.1) is 27.4 Å². The molecule has 0 saturated carbocycles. The van der Waals surface area contributed by atoms with E-state index >= 15 is 0 Å². The van der Waals surface area contributed by atoms with Crippen LogP contribution in [0.5, 0.6) is 23.0 Å². The molecule has 3 aromatic rings. The first-order chi connectivity index (χ1) is 19.1. The molecule has 1 aliphatic rings. The van der Waals surface area contributed by atoms with Crippen LogP contribution in [0.3, 0.4) is 0 Å². The van der Waals surface area contributed by atoms with Crippen molar-refractivity contribution in [2.24, 2.45) is 11.7 Å². The van der Waals surface area contributed by atoms with Gasteiger partial charge in [0, 0.05) is 23.8 Å². The summed E-state index contributed by atoms with van der Waals surface area (Å²) in [4.78, 5) is 23.2. The van der Waals surface area contributed by atoms with Crippen molar-refractivity contribution in [1.82, 2.24) is 0 Å². The van der Waals surface area contributed by atoms with Crippen molar-refractivity contribution in [2.45, 2.75) is 26.2 Å². The van der Waals surface area contributed by atoms with Gasteiger partial charge in [0.2, 0.25) is 5.88 Å². The SMILES string of the molecule is COc1cc(C2C(C#N)=C(N)Oc3cc(OC(=O)c4cc([N+](=O)[O-])ccc4Cl)ccc32)ccc1OCCC(C)C. The summed E-state index contributed by atoms with van der Waals surface area (Å²) in [6.45, 7) is 4.76. The van der Waals surface area contributed by atoms with E-state index in [0.29, 0.717) is 35.2 Å². The van der Waals surface area contributed by atoms with Crippen molar-refractivity contribution in [2.75, 3.05) is 13.7 Å². The van der Waals surface area contributed by atoms with Crippen molar-refractivity contribution in [1.29, 1.82) is 5.26 Å². The van der Waals surface area contributed by atoms with Gasteiger partial charge in [-0.15, -0.1) is 0 Å². The normalized spacial score (nSPS) is 14.2. The largest absolute Gasteiger partial charge is 0.493 e. The first-order valence-corrected chi connectivity index (χ1v) is 12.7. The van der Waals surface area contributed by atoms with Crippen molar-refractivity contribution in [3.05, 3.63) is 97.9 Å². The second-order valence-corrected chi connectivity index (χ2v) is 9.78. The molecule has 1 atom stereocenters. The van der Waals surface area contributed by atoms with Crippen LogP contribution in [0.25, 0.3) is 0 Å². The zero-order valence-electron chi connectivity index (χ0n) is 22.0. The number of esters is 1. The lowest BCUT2D eigenvalue weighted by Gasteiger charge is -2.27. The molecule has 1 heterocycles. The Balaban J connectivity index is 1.65. The molecule has 4 rings (SSSR count). The zero-order valence-corrected chi connectivity index (χ0v) is 22.7. The number of nitro groups is 1. The van der Waals surface area contributed by atoms with Gasteiger partial charge in [-0.3, -0.25) is 10.1 Å². The molecule has 10 nitrogen and oxygen atoms in total. The topological polar surface area (TPSA) is 147 Å². The number of hydrogen-bond donors (Lipinski definition) is 1. The summed E-state index contributed by atoms with van der Waals surface area (Å²) in [5, 5.41) is 21.0. The van der Waals surface area contributed by atoms with E-state index in [1.54, 1.807) is 18.2 Å². The number of hydrogen-bond acceptors (Lipinski definition) is 9. The predicted octanol–water partition coefficient (Wildman–Crippen LogP) is 6.12. The van der Waals surface area contributed by atoms with E-state index in [4.69, 9.17) is 36.3 Å². The van der Waals surface area contributed by atoms with Crippen LogP contribution >= 0.6 is 11.6 Å². The van der Waals surface area contributed by atoms with Crippen molar-refractivity contribution < 1.29 is 28.7 Å². The highest BCUT2D eigenvalue weighted by Crippen LogP contribution is 2.45. The lowest BCUT2D eigenvalue weighted by Crippen LogP contribution is -2.21. The van der Waals surface area contributed by atoms with E-state index in [9.17, 15) is 20.2 Å². The van der Waals surface area contributed by atoms with E-state index in [0.717, 1.165) is 12.5 Å². The molecule has 11 heteroatoms. The fourth-order valence-corrected chi connectivity index (χ4v) is 4.37. The number of rotatable bonds is 9. The summed E-state index contributed by atoms with van der Waals surface area (Å²) in [5.41, 5.74) is 7.18. The molecule has 0 fully saturated rings. The average molecular weight is 564 g/mol. The molecule has 1 unspecified atom stereocenters. The van der Waals surface area contributed by atoms with Gasteiger partial charge in [-0.05, 0) is 42.2 Å². The van der Waals surface area contributed by atoms with Crippen LogP contribution in [-0.4, -0.2) is 24.6 Å². The van der Waals surface area contributed by atoms with Gasteiger partial charge in [0.05, 0.1) is 35.1 Å². The molecule has 206 valence electrons. The van der Waals surface area contributed by atoms with Gasteiger partial charge in [-0.1, -0.05) is 37.6 Å². The molecule has 0 bridgehead atoms. The van der Waals surface area contributed by atoms with Gasteiger partial charge in [-0.25, -0.2) is 4.79 Å². The molecule has 40 heavy (non-hydrogen) atoms. The number of ether oxygens (including phenoxy) is 4. The van der Waals surface area contributed by atoms with Gasteiger partial charge < -0.3 is 24.7 Å². The first kappa shape index (κ1) is 28.3. The highest BCUT2D eigenvalue weighted by Gasteiger charge is 2.32. The number of nitriles is 1. The second kappa shape index (κ2) is 12.0. The first-order valence-electron chi connectivity index (χ1n) is 12.3. The zero-order chi connectivity index (χ0) is 29.0. The van der Waals surface area contributed by atoms with Gasteiger partial charge in [-0.2, -0.15) is 5.26 Å². The number of methoxy groups -OCH3 is 1. The maximum Gasteiger partial charge on any atom is 0.345 e. The van der Waals surface area contributed by atoms with E-state index in [-0.39, 0.29) is 39.2 Å². The van der Waals surface area contributed by atoms with E-state index in [1.807, 2.05) is 6.07 Å². The molecule has 0 aromatic heterocycles. The van der Waals surface area contributed by atoms with Crippen molar-refractivity contribution in [3.8, 4) is 29.1 Å². The third-order valence-electron chi connectivity index (χ3n) is 6.26. The van der Waals surface area contributed by atoms with Gasteiger partial charge >= 0.3 is 5.97 Å². The molecular formula is C29H26ClN3O7. The number of benzene rings is 3. The average Bonchev–Trinajstić information content (AvgIpc) is 2.92. The number of non-ortho nitro benzene ring substituents is 1. The minimum Gasteiger partial charge on any atom is -0.493 e. The lowest BCUT2D eigenvalue weighted by molar-refractivity contribution is -0.384. The maximum absolute atomic E-state index is 12.8. The van der Waals surface area contributed by atoms with Gasteiger partial charge in [0.1, 0.15) is 23.1 Å². The number of nitro benzene ring substituents is 1. The third kappa shape index (κ3) is 5.95. The monoisotopic (exact) mass is 563 g/mol. The Kier molecular flexibility index (Phi) is 8.46. The van der Waals surface area contributed by atoms with Crippen LogP contribution in [0.2, 0.25) is 5.02 Å². The highest BCUT2D eigenvalue weighted by molar-refractivity contribution is 6.33. The Morgan fingerprint density at radius 3 is 2.62 bits per heavy atom. The second-order valence-electron chi connectivity index (χ2n) is 9.38. The molecular weight excluding hydrogens is 538 g/mol. The Hall–Kier alpha value is -4.75. The number of halogens is 1. The summed E-state index contributed by atoms with van der Waals surface area (Å²) in [6, 6.07) is 15.6. The minimum absolute atomic E-state index is 0.00120. The molecule has 2 N–H and O–H groups in total. The summed E-state index contributed by atoms with van der Waals surface area (Å²) < 4.78 is 22.6. The molecule has 3 aromatic carbocycles. The van der Waals surface area contributed by atoms with Crippen LogP contribution in [0.4, 0.5) is 5.69 Å². The van der Waals surface area contributed by atoms with Crippen molar-refractivity contribution >= 4 is 23.3 Å². The number of allylic oxidation sites excluding steroid dienone is 1. The molecule has 1 aliphatic heterocycles. The Labute approximate surface area is 235 Å². The number of carbonyl (C=O) groups excluding carboxylic acids is 1. The fourth-order valence-electron chi connectivity index (χ4n) is 4.17. The third-order valence-corrected chi connectivity index (χ3v) is 6.59. The summed E-state index contributed by atoms with van der Waals surface area (Å²) in [6.07, 6.45) is 0.885. The summed E-state index contributed by atoms with van der Waals surface area (Å²) >= 11 is 6.07. The maximum atomic E-state index is 12.8. The number of carbonyl (C=O) groups is 1. The fraction of sp³-hybridized carbons (Fsp3) is 0.241. The highest BCUT2D eigenvalue weighted by atomic mass is 35.5. The molecule has 0 radical (unpaired) electrons.